The maximum Gasteiger partial charge on any atom is 0.317 e. The molecular weight excluding hydrogens is 319 g/mol. The van der Waals surface area contributed by atoms with Crippen molar-refractivity contribution in [3.63, 3.8) is 0 Å². The molecule has 0 aliphatic carbocycles. The highest BCUT2D eigenvalue weighted by Gasteiger charge is 2.24. The second-order valence-electron chi connectivity index (χ2n) is 6.84. The number of benzene rings is 1. The Bertz CT molecular complexity index is 708. The van der Waals surface area contributed by atoms with Gasteiger partial charge < -0.3 is 10.2 Å². The van der Waals surface area contributed by atoms with Gasteiger partial charge in [0.15, 0.2) is 0 Å². The summed E-state index contributed by atoms with van der Waals surface area (Å²) >= 11 is 0. The highest BCUT2D eigenvalue weighted by Crippen LogP contribution is 2.20. The zero-order valence-electron chi connectivity index (χ0n) is 14.8. The number of hydrogen-bond acceptors (Lipinski definition) is 2. The summed E-state index contributed by atoms with van der Waals surface area (Å²) in [5, 5.41) is 7.22. The minimum absolute atomic E-state index is 0.0778. The predicted molar refractivity (Wildman–Crippen MR) is 94.6 cm³/mol. The maximum atomic E-state index is 13.7. The van der Waals surface area contributed by atoms with Crippen molar-refractivity contribution >= 4 is 6.03 Å². The number of nitrogens with one attached hydrogen (secondary N) is 1. The van der Waals surface area contributed by atoms with Crippen LogP contribution in [0.2, 0.25) is 0 Å². The summed E-state index contributed by atoms with van der Waals surface area (Å²) in [4.78, 5) is 14.3. The van der Waals surface area contributed by atoms with Crippen LogP contribution in [-0.4, -0.2) is 33.8 Å². The average molecular weight is 344 g/mol. The number of carbonyl (C=O) groups is 1. The highest BCUT2D eigenvalue weighted by atomic mass is 19.1. The number of aromatic nitrogens is 2. The van der Waals surface area contributed by atoms with Gasteiger partial charge in [0.05, 0.1) is 6.04 Å². The van der Waals surface area contributed by atoms with Crippen molar-refractivity contribution in [1.29, 1.82) is 0 Å². The van der Waals surface area contributed by atoms with Crippen LogP contribution in [0.5, 0.6) is 0 Å². The van der Waals surface area contributed by atoms with Gasteiger partial charge in [0.2, 0.25) is 0 Å². The normalized spacial score (nSPS) is 16.7. The van der Waals surface area contributed by atoms with Gasteiger partial charge in [-0.15, -0.1) is 0 Å². The Morgan fingerprint density at radius 1 is 1.40 bits per heavy atom. The van der Waals surface area contributed by atoms with Crippen LogP contribution in [0.3, 0.4) is 0 Å². The molecular formula is C19H25FN4O. The quantitative estimate of drug-likeness (QED) is 0.923. The third-order valence-corrected chi connectivity index (χ3v) is 4.94. The van der Waals surface area contributed by atoms with E-state index in [1.54, 1.807) is 19.2 Å². The Morgan fingerprint density at radius 3 is 2.80 bits per heavy atom. The summed E-state index contributed by atoms with van der Waals surface area (Å²) in [6.07, 6.45) is 5.71. The van der Waals surface area contributed by atoms with Crippen LogP contribution in [0.4, 0.5) is 9.18 Å². The first kappa shape index (κ1) is 17.5. The molecule has 1 aliphatic rings. The van der Waals surface area contributed by atoms with Crippen LogP contribution in [0, 0.1) is 18.7 Å². The SMILES string of the molecule is Cc1ccc([C@H](C)NC(=O)N2CCC(Cn3cccn3)CC2)cc1F. The fraction of sp³-hybridized carbons (Fsp3) is 0.474. The molecule has 1 aromatic heterocycles. The van der Waals surface area contributed by atoms with Gasteiger partial charge in [0.1, 0.15) is 5.82 Å². The van der Waals surface area contributed by atoms with Gasteiger partial charge in [-0.2, -0.15) is 5.10 Å². The molecule has 1 fully saturated rings. The van der Waals surface area contributed by atoms with E-state index in [4.69, 9.17) is 0 Å². The lowest BCUT2D eigenvalue weighted by molar-refractivity contribution is 0.161. The molecule has 1 aliphatic heterocycles. The zero-order valence-corrected chi connectivity index (χ0v) is 14.8. The van der Waals surface area contributed by atoms with Crippen molar-refractivity contribution in [3.8, 4) is 0 Å². The van der Waals surface area contributed by atoms with E-state index >= 15 is 0 Å². The Labute approximate surface area is 147 Å². The first-order valence-corrected chi connectivity index (χ1v) is 8.82. The number of piperidine rings is 1. The minimum Gasteiger partial charge on any atom is -0.331 e. The second-order valence-corrected chi connectivity index (χ2v) is 6.84. The Balaban J connectivity index is 1.49. The molecule has 25 heavy (non-hydrogen) atoms. The summed E-state index contributed by atoms with van der Waals surface area (Å²) in [6.45, 7) is 6.00. The first-order chi connectivity index (χ1) is 12.0. The van der Waals surface area contributed by atoms with Crippen LogP contribution in [0.15, 0.2) is 36.7 Å². The van der Waals surface area contributed by atoms with E-state index in [0.717, 1.165) is 38.0 Å². The molecule has 5 nitrogen and oxygen atoms in total. The molecule has 3 rings (SSSR count). The van der Waals surface area contributed by atoms with Gasteiger partial charge in [-0.25, -0.2) is 9.18 Å². The number of amides is 2. The van der Waals surface area contributed by atoms with Crippen LogP contribution in [-0.2, 0) is 6.54 Å². The fourth-order valence-electron chi connectivity index (χ4n) is 3.23. The zero-order chi connectivity index (χ0) is 17.8. The molecule has 2 aromatic rings. The molecule has 134 valence electrons. The van der Waals surface area contributed by atoms with Crippen molar-refractivity contribution in [2.45, 2.75) is 39.3 Å². The lowest BCUT2D eigenvalue weighted by Crippen LogP contribution is -2.45. The molecule has 0 bridgehead atoms. The van der Waals surface area contributed by atoms with Gasteiger partial charge in [-0.1, -0.05) is 12.1 Å². The monoisotopic (exact) mass is 344 g/mol. The molecule has 0 radical (unpaired) electrons. The standard InChI is InChI=1S/C19H25FN4O/c1-14-4-5-17(12-18(14)20)15(2)22-19(25)23-10-6-16(7-11-23)13-24-9-3-8-21-24/h3-5,8-9,12,15-16H,6-7,10-11,13H2,1-2H3,(H,22,25)/t15-/m0/s1. The smallest absolute Gasteiger partial charge is 0.317 e. The molecule has 0 saturated carbocycles. The van der Waals surface area contributed by atoms with Crippen LogP contribution >= 0.6 is 0 Å². The topological polar surface area (TPSA) is 50.2 Å². The van der Waals surface area contributed by atoms with E-state index in [-0.39, 0.29) is 17.9 Å². The maximum absolute atomic E-state index is 13.7. The molecule has 0 unspecified atom stereocenters. The van der Waals surface area contributed by atoms with Gasteiger partial charge in [-0.3, -0.25) is 4.68 Å². The Morgan fingerprint density at radius 2 is 2.16 bits per heavy atom. The van der Waals surface area contributed by atoms with Crippen molar-refractivity contribution in [2.75, 3.05) is 13.1 Å². The lowest BCUT2D eigenvalue weighted by Gasteiger charge is -2.33. The van der Waals surface area contributed by atoms with Gasteiger partial charge in [0.25, 0.3) is 0 Å². The fourth-order valence-corrected chi connectivity index (χ4v) is 3.23. The van der Waals surface area contributed by atoms with E-state index < -0.39 is 0 Å². The lowest BCUT2D eigenvalue weighted by atomic mass is 9.97. The van der Waals surface area contributed by atoms with Crippen LogP contribution < -0.4 is 5.32 Å². The van der Waals surface area contributed by atoms with Crippen molar-refractivity contribution in [1.82, 2.24) is 20.0 Å². The largest absolute Gasteiger partial charge is 0.331 e. The van der Waals surface area contributed by atoms with Crippen molar-refractivity contribution in [2.24, 2.45) is 5.92 Å². The molecule has 0 spiro atoms. The van der Waals surface area contributed by atoms with Gasteiger partial charge in [-0.05, 0) is 55.9 Å². The highest BCUT2D eigenvalue weighted by molar-refractivity contribution is 5.74. The molecule has 6 heteroatoms. The summed E-state index contributed by atoms with van der Waals surface area (Å²) in [6, 6.07) is 6.73. The summed E-state index contributed by atoms with van der Waals surface area (Å²) in [5.41, 5.74) is 1.39. The van der Waals surface area contributed by atoms with Crippen LogP contribution in [0.25, 0.3) is 0 Å². The van der Waals surface area contributed by atoms with E-state index in [0.29, 0.717) is 11.5 Å². The number of urea groups is 1. The number of likely N-dealkylation sites (tertiary alicyclic amines) is 1. The number of halogens is 1. The number of aryl methyl sites for hydroxylation is 1. The Kier molecular flexibility index (Phi) is 5.36. The molecule has 1 saturated heterocycles. The Hall–Kier alpha value is -2.37. The first-order valence-electron chi connectivity index (χ1n) is 8.82. The summed E-state index contributed by atoms with van der Waals surface area (Å²) in [7, 11) is 0. The number of rotatable bonds is 4. The van der Waals surface area contributed by atoms with Crippen molar-refractivity contribution in [3.05, 3.63) is 53.6 Å². The van der Waals surface area contributed by atoms with E-state index in [9.17, 15) is 9.18 Å². The minimum atomic E-state index is -0.238. The van der Waals surface area contributed by atoms with Crippen molar-refractivity contribution < 1.29 is 9.18 Å². The molecule has 1 atom stereocenters. The van der Waals surface area contributed by atoms with Gasteiger partial charge in [0, 0.05) is 32.0 Å². The summed E-state index contributed by atoms with van der Waals surface area (Å²) < 4.78 is 15.7. The second kappa shape index (κ2) is 7.68. The number of hydrogen-bond donors (Lipinski definition) is 1. The van der Waals surface area contributed by atoms with E-state index in [2.05, 4.69) is 10.4 Å². The third-order valence-electron chi connectivity index (χ3n) is 4.94. The number of carbonyl (C=O) groups excluding carboxylic acids is 1. The van der Waals surface area contributed by atoms with Crippen LogP contribution in [0.1, 0.15) is 36.9 Å². The average Bonchev–Trinajstić information content (AvgIpc) is 3.11. The predicted octanol–water partition coefficient (Wildman–Crippen LogP) is 3.51. The number of nitrogens with zero attached hydrogens (tertiary/aromatic N) is 3. The summed E-state index contributed by atoms with van der Waals surface area (Å²) in [5.74, 6) is 0.311. The molecule has 1 aromatic carbocycles. The van der Waals surface area contributed by atoms with E-state index in [1.165, 1.54) is 6.07 Å². The third kappa shape index (κ3) is 4.38. The molecule has 2 amide bonds. The van der Waals surface area contributed by atoms with Gasteiger partial charge >= 0.3 is 6.03 Å². The van der Waals surface area contributed by atoms with E-state index in [1.807, 2.05) is 34.8 Å². The molecule has 1 N–H and O–H groups in total. The molecule has 2 heterocycles.